The Balaban J connectivity index is 3.87. The number of rotatable bonds is 33. The molecule has 0 atom stereocenters. The van der Waals surface area contributed by atoms with E-state index in [1.165, 1.54) is 133 Å². The molecule has 0 N–H and O–H groups in total. The van der Waals surface area contributed by atoms with Crippen molar-refractivity contribution in [3.63, 3.8) is 0 Å². The SMILES string of the molecule is CCCCCCCCSCCOP(OCCSCCCCCCCC)OCCSCCCCCCCC. The summed E-state index contributed by atoms with van der Waals surface area (Å²) in [5.41, 5.74) is 0. The Labute approximate surface area is 247 Å². The van der Waals surface area contributed by atoms with E-state index in [2.05, 4.69) is 20.8 Å². The van der Waals surface area contributed by atoms with E-state index >= 15 is 0 Å². The van der Waals surface area contributed by atoms with Gasteiger partial charge in [-0.2, -0.15) is 35.3 Å². The molecule has 0 spiro atoms. The molecule has 0 fully saturated rings. The van der Waals surface area contributed by atoms with Gasteiger partial charge < -0.3 is 13.6 Å². The number of hydrogen-bond donors (Lipinski definition) is 0. The quantitative estimate of drug-likeness (QED) is 0.0551. The van der Waals surface area contributed by atoms with Gasteiger partial charge in [-0.05, 0) is 36.5 Å². The molecule has 0 aliphatic carbocycles. The first-order chi connectivity index (χ1) is 18.3. The zero-order valence-electron chi connectivity index (χ0n) is 25.0. The fourth-order valence-corrected chi connectivity index (χ4v) is 7.64. The van der Waals surface area contributed by atoms with Gasteiger partial charge in [0.2, 0.25) is 0 Å². The molecule has 0 aromatic rings. The first-order valence-electron chi connectivity index (χ1n) is 15.8. The largest absolute Gasteiger partial charge is 0.332 e. The fourth-order valence-electron chi connectivity index (χ4n) is 3.88. The summed E-state index contributed by atoms with van der Waals surface area (Å²) in [4.78, 5) is 0. The molecule has 0 saturated heterocycles. The zero-order valence-corrected chi connectivity index (χ0v) is 28.3. The van der Waals surface area contributed by atoms with Crippen LogP contribution in [-0.4, -0.2) is 54.3 Å². The van der Waals surface area contributed by atoms with E-state index in [1.54, 1.807) is 0 Å². The van der Waals surface area contributed by atoms with Crippen LogP contribution in [0.5, 0.6) is 0 Å². The lowest BCUT2D eigenvalue weighted by Crippen LogP contribution is -2.04. The van der Waals surface area contributed by atoms with Crippen molar-refractivity contribution in [1.82, 2.24) is 0 Å². The van der Waals surface area contributed by atoms with Gasteiger partial charge in [0.15, 0.2) is 0 Å². The van der Waals surface area contributed by atoms with Crippen molar-refractivity contribution in [2.75, 3.05) is 54.3 Å². The summed E-state index contributed by atoms with van der Waals surface area (Å²) >= 11 is 6.04. The van der Waals surface area contributed by atoms with Crippen LogP contribution in [0, 0.1) is 0 Å². The maximum Gasteiger partial charge on any atom is 0.332 e. The van der Waals surface area contributed by atoms with Gasteiger partial charge in [0, 0.05) is 17.3 Å². The summed E-state index contributed by atoms with van der Waals surface area (Å²) in [7, 11) is -1.20. The van der Waals surface area contributed by atoms with Crippen LogP contribution in [0.25, 0.3) is 0 Å². The molecule has 0 amide bonds. The first-order valence-corrected chi connectivity index (χ1v) is 20.3. The molecular formula is C30H63O3PS3. The smallest absolute Gasteiger partial charge is 0.311 e. The Morgan fingerprint density at radius 3 is 0.919 bits per heavy atom. The Morgan fingerprint density at radius 2 is 0.622 bits per heavy atom. The summed E-state index contributed by atoms with van der Waals surface area (Å²) in [5, 5.41) is 0. The Hall–Kier alpha value is 1.36. The fraction of sp³-hybridized carbons (Fsp3) is 1.00. The third kappa shape index (κ3) is 33.5. The highest BCUT2D eigenvalue weighted by molar-refractivity contribution is 7.99. The van der Waals surface area contributed by atoms with Gasteiger partial charge in [-0.1, -0.05) is 117 Å². The van der Waals surface area contributed by atoms with E-state index in [4.69, 9.17) is 13.6 Å². The lowest BCUT2D eigenvalue weighted by molar-refractivity contribution is 0.179. The van der Waals surface area contributed by atoms with Crippen LogP contribution in [0.1, 0.15) is 136 Å². The van der Waals surface area contributed by atoms with E-state index in [9.17, 15) is 0 Å². The second kappa shape index (κ2) is 35.4. The molecule has 0 aromatic heterocycles. The monoisotopic (exact) mass is 598 g/mol. The highest BCUT2D eigenvalue weighted by Gasteiger charge is 2.12. The van der Waals surface area contributed by atoms with Crippen LogP contribution in [0.3, 0.4) is 0 Å². The van der Waals surface area contributed by atoms with Crippen LogP contribution >= 0.6 is 43.9 Å². The van der Waals surface area contributed by atoms with Crippen LogP contribution in [0.2, 0.25) is 0 Å². The van der Waals surface area contributed by atoms with E-state index in [0.717, 1.165) is 37.1 Å². The molecular weight excluding hydrogens is 536 g/mol. The molecule has 0 bridgehead atoms. The molecule has 0 heterocycles. The second-order valence-electron chi connectivity index (χ2n) is 9.86. The second-order valence-corrected chi connectivity index (χ2v) is 14.8. The standard InChI is InChI=1S/C30H63O3PS3/c1-4-7-10-13-16-19-25-35-28-22-31-34(32-23-29-36-26-20-17-14-11-8-5-2)33-24-30-37-27-21-18-15-12-9-6-3/h4-30H2,1-3H3. The van der Waals surface area contributed by atoms with E-state index in [0.29, 0.717) is 0 Å². The number of hydrogen-bond acceptors (Lipinski definition) is 6. The third-order valence-corrected chi connectivity index (χ3v) is 10.5. The van der Waals surface area contributed by atoms with Crippen molar-refractivity contribution in [3.05, 3.63) is 0 Å². The van der Waals surface area contributed by atoms with Crippen molar-refractivity contribution in [1.29, 1.82) is 0 Å². The Bertz CT molecular complexity index is 351. The van der Waals surface area contributed by atoms with Gasteiger partial charge in [-0.3, -0.25) is 0 Å². The lowest BCUT2D eigenvalue weighted by Gasteiger charge is -2.17. The van der Waals surface area contributed by atoms with E-state index in [-0.39, 0.29) is 0 Å². The van der Waals surface area contributed by atoms with Crippen molar-refractivity contribution in [3.8, 4) is 0 Å². The average Bonchev–Trinajstić information content (AvgIpc) is 2.91. The van der Waals surface area contributed by atoms with Crippen molar-refractivity contribution < 1.29 is 13.6 Å². The van der Waals surface area contributed by atoms with Crippen LogP contribution in [0.15, 0.2) is 0 Å². The molecule has 37 heavy (non-hydrogen) atoms. The molecule has 7 heteroatoms. The van der Waals surface area contributed by atoms with Gasteiger partial charge >= 0.3 is 8.60 Å². The molecule has 0 rings (SSSR count). The van der Waals surface area contributed by atoms with Gasteiger partial charge in [-0.15, -0.1) is 0 Å². The minimum Gasteiger partial charge on any atom is -0.311 e. The number of thioether (sulfide) groups is 3. The summed E-state index contributed by atoms with van der Waals surface area (Å²) in [5.74, 6) is 6.87. The lowest BCUT2D eigenvalue weighted by atomic mass is 10.1. The predicted octanol–water partition coefficient (Wildman–Crippen LogP) is 11.5. The Morgan fingerprint density at radius 1 is 0.351 bits per heavy atom. The van der Waals surface area contributed by atoms with Crippen molar-refractivity contribution >= 4 is 43.9 Å². The minimum absolute atomic E-state index is 0.738. The van der Waals surface area contributed by atoms with Crippen LogP contribution in [0.4, 0.5) is 0 Å². The minimum atomic E-state index is -1.20. The molecule has 0 saturated carbocycles. The molecule has 0 aliphatic heterocycles. The van der Waals surface area contributed by atoms with Crippen molar-refractivity contribution in [2.45, 2.75) is 136 Å². The highest BCUT2D eigenvalue weighted by Crippen LogP contribution is 2.40. The van der Waals surface area contributed by atoms with Gasteiger partial charge in [0.05, 0.1) is 19.8 Å². The van der Waals surface area contributed by atoms with Gasteiger partial charge in [0.1, 0.15) is 0 Å². The maximum absolute atomic E-state index is 6.05. The summed E-state index contributed by atoms with van der Waals surface area (Å²) in [6, 6.07) is 0. The molecule has 224 valence electrons. The molecule has 3 nitrogen and oxygen atoms in total. The number of unbranched alkanes of at least 4 members (excludes halogenated alkanes) is 15. The topological polar surface area (TPSA) is 27.7 Å². The predicted molar refractivity (Wildman–Crippen MR) is 177 cm³/mol. The van der Waals surface area contributed by atoms with Crippen molar-refractivity contribution in [2.24, 2.45) is 0 Å². The van der Waals surface area contributed by atoms with Crippen LogP contribution in [-0.2, 0) is 13.6 Å². The summed E-state index contributed by atoms with van der Waals surface area (Å²) in [6.45, 7) is 9.06. The molecule has 0 aromatic carbocycles. The molecule has 0 aliphatic rings. The maximum atomic E-state index is 6.05. The Kier molecular flexibility index (Phi) is 36.7. The first kappa shape index (κ1) is 38.4. The average molecular weight is 599 g/mol. The van der Waals surface area contributed by atoms with Gasteiger partial charge in [-0.25, -0.2) is 0 Å². The highest BCUT2D eigenvalue weighted by atomic mass is 32.2. The summed E-state index contributed by atoms with van der Waals surface area (Å²) in [6.07, 6.45) is 24.7. The summed E-state index contributed by atoms with van der Waals surface area (Å²) < 4.78 is 18.1. The molecule has 0 radical (unpaired) electrons. The van der Waals surface area contributed by atoms with Crippen LogP contribution < -0.4 is 0 Å². The zero-order chi connectivity index (χ0) is 26.9. The van der Waals surface area contributed by atoms with E-state index in [1.807, 2.05) is 35.3 Å². The molecule has 0 unspecified atom stereocenters. The van der Waals surface area contributed by atoms with Gasteiger partial charge in [0.25, 0.3) is 0 Å². The van der Waals surface area contributed by atoms with E-state index < -0.39 is 8.60 Å². The normalized spacial score (nSPS) is 11.7. The third-order valence-electron chi connectivity index (χ3n) is 6.20.